The van der Waals surface area contributed by atoms with Crippen LogP contribution in [0.1, 0.15) is 36.8 Å². The van der Waals surface area contributed by atoms with Crippen LogP contribution in [0.4, 0.5) is 14.7 Å². The number of nitrogens with zero attached hydrogens (tertiary/aromatic N) is 2. The van der Waals surface area contributed by atoms with Crippen LogP contribution in [0, 0.1) is 11.6 Å². The zero-order valence-corrected chi connectivity index (χ0v) is 19.5. The van der Waals surface area contributed by atoms with Crippen molar-refractivity contribution in [1.29, 1.82) is 0 Å². The van der Waals surface area contributed by atoms with Gasteiger partial charge in [-0.25, -0.2) is 8.78 Å². The number of hydrogen-bond acceptors (Lipinski definition) is 5. The van der Waals surface area contributed by atoms with Crippen LogP contribution in [0.15, 0.2) is 52.5 Å². The summed E-state index contributed by atoms with van der Waals surface area (Å²) in [4.78, 5) is 4.87. The van der Waals surface area contributed by atoms with Gasteiger partial charge in [0, 0.05) is 42.9 Å². The van der Waals surface area contributed by atoms with E-state index in [4.69, 9.17) is 9.15 Å². The van der Waals surface area contributed by atoms with Gasteiger partial charge in [-0.15, -0.1) is 0 Å². The molecule has 7 heteroatoms. The van der Waals surface area contributed by atoms with Gasteiger partial charge >= 0.3 is 0 Å². The van der Waals surface area contributed by atoms with E-state index in [0.29, 0.717) is 24.6 Å². The van der Waals surface area contributed by atoms with Gasteiger partial charge in [-0.3, -0.25) is 4.90 Å². The van der Waals surface area contributed by atoms with E-state index in [1.54, 1.807) is 13.2 Å². The first-order valence-corrected chi connectivity index (χ1v) is 12.0. The summed E-state index contributed by atoms with van der Waals surface area (Å²) >= 11 is 0. The van der Waals surface area contributed by atoms with Gasteiger partial charge in [-0.1, -0.05) is 24.3 Å². The summed E-state index contributed by atoms with van der Waals surface area (Å²) in [6, 6.07) is 6.21. The van der Waals surface area contributed by atoms with Crippen molar-refractivity contribution in [2.24, 2.45) is 0 Å². The van der Waals surface area contributed by atoms with Gasteiger partial charge in [0.05, 0.1) is 19.8 Å². The van der Waals surface area contributed by atoms with Crippen LogP contribution in [0.3, 0.4) is 0 Å². The van der Waals surface area contributed by atoms with E-state index < -0.39 is 11.6 Å². The molecule has 180 valence electrons. The van der Waals surface area contributed by atoms with Crippen LogP contribution in [0.5, 0.6) is 5.95 Å². The van der Waals surface area contributed by atoms with Crippen molar-refractivity contribution >= 4 is 18.0 Å². The minimum absolute atomic E-state index is 0.276. The summed E-state index contributed by atoms with van der Waals surface area (Å²) in [5, 5.41) is 3.53. The number of allylic oxidation sites excluding steroid dienone is 1. The minimum atomic E-state index is -0.429. The van der Waals surface area contributed by atoms with Crippen LogP contribution in [0.2, 0.25) is 0 Å². The molecule has 1 saturated heterocycles. The fraction of sp³-hybridized carbons (Fsp3) is 0.407. The van der Waals surface area contributed by atoms with E-state index in [2.05, 4.69) is 33.3 Å². The number of piperidine rings is 1. The Kier molecular flexibility index (Phi) is 6.83. The van der Waals surface area contributed by atoms with Crippen molar-refractivity contribution in [1.82, 2.24) is 10.2 Å². The van der Waals surface area contributed by atoms with E-state index >= 15 is 0 Å². The van der Waals surface area contributed by atoms with Crippen molar-refractivity contribution in [2.75, 3.05) is 38.3 Å². The first-order valence-electron chi connectivity index (χ1n) is 12.0. The van der Waals surface area contributed by atoms with Crippen molar-refractivity contribution in [3.05, 3.63) is 70.8 Å². The SMILES string of the molecule is COc1cc2c(o1)N(CN1CCC(NC/C=C/c3cc(F)ccc3F)CC1)C1CCC=CC1=C2. The molecule has 0 bridgehead atoms. The third-order valence-corrected chi connectivity index (χ3v) is 6.90. The zero-order chi connectivity index (χ0) is 23.5. The molecule has 0 radical (unpaired) electrons. The van der Waals surface area contributed by atoms with Crippen LogP contribution in [-0.2, 0) is 0 Å². The summed E-state index contributed by atoms with van der Waals surface area (Å²) < 4.78 is 38.4. The third kappa shape index (κ3) is 4.95. The molecule has 3 heterocycles. The van der Waals surface area contributed by atoms with Crippen molar-refractivity contribution in [3.8, 4) is 5.95 Å². The fourth-order valence-corrected chi connectivity index (χ4v) is 5.07. The van der Waals surface area contributed by atoms with Gasteiger partial charge in [-0.2, -0.15) is 0 Å². The van der Waals surface area contributed by atoms with Crippen molar-refractivity contribution < 1.29 is 17.9 Å². The molecular weight excluding hydrogens is 436 g/mol. The molecule has 3 aliphatic rings. The van der Waals surface area contributed by atoms with Crippen molar-refractivity contribution in [2.45, 2.75) is 37.8 Å². The highest BCUT2D eigenvalue weighted by Gasteiger charge is 2.33. The minimum Gasteiger partial charge on any atom is -0.468 e. The number of furan rings is 1. The predicted octanol–water partition coefficient (Wildman–Crippen LogP) is 5.21. The van der Waals surface area contributed by atoms with E-state index in [0.717, 1.165) is 69.0 Å². The van der Waals surface area contributed by atoms with E-state index in [1.165, 1.54) is 11.6 Å². The highest BCUT2D eigenvalue weighted by molar-refractivity contribution is 5.74. The van der Waals surface area contributed by atoms with E-state index in [-0.39, 0.29) is 5.56 Å². The zero-order valence-electron chi connectivity index (χ0n) is 19.5. The average molecular weight is 468 g/mol. The van der Waals surface area contributed by atoms with E-state index in [1.807, 2.05) is 12.1 Å². The Morgan fingerprint density at radius 3 is 2.85 bits per heavy atom. The second-order valence-corrected chi connectivity index (χ2v) is 9.15. The maximum atomic E-state index is 13.7. The number of nitrogens with one attached hydrogen (secondary N) is 1. The largest absolute Gasteiger partial charge is 0.468 e. The molecular formula is C27H31F2N3O2. The third-order valence-electron chi connectivity index (χ3n) is 6.90. The Morgan fingerprint density at radius 2 is 2.03 bits per heavy atom. The molecule has 0 spiro atoms. The molecule has 1 fully saturated rings. The molecule has 0 saturated carbocycles. The van der Waals surface area contributed by atoms with Gasteiger partial charge in [-0.05, 0) is 55.5 Å². The normalized spacial score (nSPS) is 21.0. The van der Waals surface area contributed by atoms with Gasteiger partial charge in [0.25, 0.3) is 5.95 Å². The number of methoxy groups -OCH3 is 1. The number of anilines is 1. The lowest BCUT2D eigenvalue weighted by Gasteiger charge is -2.42. The Balaban J connectivity index is 1.15. The molecule has 1 N–H and O–H groups in total. The van der Waals surface area contributed by atoms with Gasteiger partial charge < -0.3 is 19.4 Å². The number of rotatable bonds is 7. The Morgan fingerprint density at radius 1 is 1.18 bits per heavy atom. The number of halogens is 2. The highest BCUT2D eigenvalue weighted by Crippen LogP contribution is 2.41. The second kappa shape index (κ2) is 10.2. The Bertz CT molecular complexity index is 1100. The maximum Gasteiger partial charge on any atom is 0.286 e. The number of fused-ring (bicyclic) bond motifs is 2. The van der Waals surface area contributed by atoms with Crippen LogP contribution >= 0.6 is 0 Å². The Hall–Kier alpha value is -2.90. The molecule has 1 unspecified atom stereocenters. The summed E-state index contributed by atoms with van der Waals surface area (Å²) in [5.41, 5.74) is 2.69. The summed E-state index contributed by atoms with van der Waals surface area (Å²) in [7, 11) is 1.64. The van der Waals surface area contributed by atoms with Gasteiger partial charge in [0.1, 0.15) is 11.6 Å². The summed E-state index contributed by atoms with van der Waals surface area (Å²) in [6.45, 7) is 3.44. The van der Waals surface area contributed by atoms with E-state index in [9.17, 15) is 8.78 Å². The first kappa shape index (κ1) is 22.9. The molecule has 2 aromatic rings. The monoisotopic (exact) mass is 467 g/mol. The second-order valence-electron chi connectivity index (χ2n) is 9.15. The number of likely N-dealkylation sites (tertiary alicyclic amines) is 1. The molecule has 1 aliphatic carbocycles. The molecule has 1 aromatic heterocycles. The van der Waals surface area contributed by atoms with Crippen LogP contribution < -0.4 is 15.0 Å². The van der Waals surface area contributed by atoms with Crippen molar-refractivity contribution in [3.63, 3.8) is 0 Å². The maximum absolute atomic E-state index is 13.7. The standard InChI is InChI=1S/C27H31F2N3O2/c1-33-26-17-21-15-20-5-2-3-7-25(20)32(27(21)34-26)18-31-13-10-23(11-14-31)30-12-4-6-19-16-22(28)8-9-24(19)29/h2,4-6,8-9,15-17,23,25,30H,3,7,10-14,18H2,1H3/b6-4+. The Labute approximate surface area is 199 Å². The highest BCUT2D eigenvalue weighted by atomic mass is 19.1. The molecule has 1 atom stereocenters. The smallest absolute Gasteiger partial charge is 0.286 e. The quantitative estimate of drug-likeness (QED) is 0.605. The molecule has 1 aromatic carbocycles. The van der Waals surface area contributed by atoms with Gasteiger partial charge in [0.15, 0.2) is 0 Å². The van der Waals surface area contributed by atoms with Crippen LogP contribution in [0.25, 0.3) is 12.2 Å². The molecule has 2 aliphatic heterocycles. The average Bonchev–Trinajstić information content (AvgIpc) is 3.28. The number of hydrogen-bond donors (Lipinski definition) is 1. The topological polar surface area (TPSA) is 40.9 Å². The lowest BCUT2D eigenvalue weighted by molar-refractivity contribution is 0.191. The number of ether oxygens (including phenoxy) is 1. The lowest BCUT2D eigenvalue weighted by atomic mass is 9.90. The lowest BCUT2D eigenvalue weighted by Crippen LogP contribution is -2.50. The number of benzene rings is 1. The van der Waals surface area contributed by atoms with Gasteiger partial charge in [0.2, 0.25) is 5.88 Å². The molecule has 5 nitrogen and oxygen atoms in total. The van der Waals surface area contributed by atoms with Crippen LogP contribution in [-0.4, -0.2) is 50.4 Å². The molecule has 0 amide bonds. The fourth-order valence-electron chi connectivity index (χ4n) is 5.07. The summed E-state index contributed by atoms with van der Waals surface area (Å²) in [5.74, 6) is 0.606. The molecule has 5 rings (SSSR count). The predicted molar refractivity (Wildman–Crippen MR) is 131 cm³/mol. The first-order chi connectivity index (χ1) is 16.6. The summed E-state index contributed by atoms with van der Waals surface area (Å²) in [6.07, 6.45) is 14.4. The molecule has 34 heavy (non-hydrogen) atoms.